The zero-order chi connectivity index (χ0) is 33.5. The summed E-state index contributed by atoms with van der Waals surface area (Å²) in [6.45, 7) is 6.48. The summed E-state index contributed by atoms with van der Waals surface area (Å²) in [6.07, 6.45) is -26.7. The Balaban J connectivity index is 1.57. The van der Waals surface area contributed by atoms with E-state index in [0.29, 0.717) is 0 Å². The van der Waals surface area contributed by atoms with Crippen LogP contribution in [-0.4, -0.2) is 178 Å². The molecular formula is C27H46O18. The summed E-state index contributed by atoms with van der Waals surface area (Å²) in [7, 11) is 2.57. The van der Waals surface area contributed by atoms with E-state index in [1.165, 1.54) is 21.1 Å². The third kappa shape index (κ3) is 7.31. The van der Waals surface area contributed by atoms with E-state index in [4.69, 9.17) is 42.6 Å². The van der Waals surface area contributed by atoms with Crippen LogP contribution in [0.4, 0.5) is 0 Å². The van der Waals surface area contributed by atoms with Gasteiger partial charge in [0.05, 0.1) is 24.4 Å². The lowest BCUT2D eigenvalue weighted by Crippen LogP contribution is -2.66. The summed E-state index contributed by atoms with van der Waals surface area (Å²) >= 11 is 0. The average molecular weight is 659 g/mol. The Morgan fingerprint density at radius 2 is 0.978 bits per heavy atom. The first-order chi connectivity index (χ1) is 21.1. The van der Waals surface area contributed by atoms with Gasteiger partial charge in [0.15, 0.2) is 31.3 Å². The van der Waals surface area contributed by atoms with Gasteiger partial charge in [0.2, 0.25) is 0 Å². The van der Waals surface area contributed by atoms with Crippen LogP contribution in [0, 0.1) is 5.92 Å². The Morgan fingerprint density at radius 3 is 1.56 bits per heavy atom. The number of aliphatic carboxylic acids is 1. The first-order valence-corrected chi connectivity index (χ1v) is 14.8. The molecule has 0 spiro atoms. The number of aliphatic hydroxyl groups excluding tert-OH is 7. The Morgan fingerprint density at radius 1 is 0.489 bits per heavy atom. The van der Waals surface area contributed by atoms with E-state index in [9.17, 15) is 45.6 Å². The van der Waals surface area contributed by atoms with Crippen molar-refractivity contribution in [2.24, 2.45) is 5.92 Å². The van der Waals surface area contributed by atoms with Gasteiger partial charge >= 0.3 is 5.97 Å². The maximum absolute atomic E-state index is 11.6. The minimum atomic E-state index is -1.97. The lowest BCUT2D eigenvalue weighted by Gasteiger charge is -2.50. The number of carboxylic acid groups (broad SMARTS) is 1. The first kappa shape index (κ1) is 36.7. The third-order valence-electron chi connectivity index (χ3n) is 8.95. The summed E-state index contributed by atoms with van der Waals surface area (Å²) in [6, 6.07) is 0. The molecule has 45 heavy (non-hydrogen) atoms. The van der Waals surface area contributed by atoms with Gasteiger partial charge in [-0.2, -0.15) is 0 Å². The molecule has 0 radical (unpaired) electrons. The Kier molecular flexibility index (Phi) is 12.2. The van der Waals surface area contributed by atoms with E-state index in [0.717, 1.165) is 0 Å². The lowest BCUT2D eigenvalue weighted by atomic mass is 9.90. The van der Waals surface area contributed by atoms with Crippen LogP contribution in [0.15, 0.2) is 0 Å². The van der Waals surface area contributed by atoms with Crippen molar-refractivity contribution in [3.63, 3.8) is 0 Å². The van der Waals surface area contributed by atoms with E-state index in [-0.39, 0.29) is 0 Å². The molecular weight excluding hydrogens is 612 g/mol. The van der Waals surface area contributed by atoms with Gasteiger partial charge in [0.25, 0.3) is 0 Å². The number of carbonyl (C=O) groups is 1. The molecule has 4 aliphatic heterocycles. The molecule has 4 aliphatic rings. The molecule has 18 nitrogen and oxygen atoms in total. The molecule has 20 atom stereocenters. The molecule has 0 aliphatic carbocycles. The predicted octanol–water partition coefficient (Wildman–Crippen LogP) is -3.99. The number of ether oxygens (including phenoxy) is 9. The molecule has 0 aromatic rings. The van der Waals surface area contributed by atoms with Crippen molar-refractivity contribution < 1.29 is 88.3 Å². The molecule has 8 unspecified atom stereocenters. The van der Waals surface area contributed by atoms with Gasteiger partial charge in [-0.15, -0.1) is 0 Å². The van der Waals surface area contributed by atoms with Crippen molar-refractivity contribution in [1.29, 1.82) is 0 Å². The first-order valence-electron chi connectivity index (χ1n) is 14.8. The monoisotopic (exact) mass is 658 g/mol. The maximum atomic E-state index is 11.6. The highest BCUT2D eigenvalue weighted by Gasteiger charge is 2.55. The zero-order valence-corrected chi connectivity index (χ0v) is 25.7. The number of hydrogen-bond acceptors (Lipinski definition) is 17. The standard InChI is InChI=1S/C27H46O18/c1-7-8(2)39-26(43-19-11(28)9(3)40-24(38-6)17(19)34)16(33)18(7)42-27-22(20(37-5)12(29)10(4)41-27)45-25-15(32)13(30)14(31)21(44-25)23(35)36/h7-22,24-34H,1-6H3,(H,35,36)/t7-,8?,9?,10?,11-,12-,13?,14+,15-,16?,17?,18+,19+,20+,21?,22?,24-,25-,26+,27+/m1/s1. The van der Waals surface area contributed by atoms with Gasteiger partial charge in [0.1, 0.15) is 61.0 Å². The average Bonchev–Trinajstić information content (AvgIpc) is 2.99. The Labute approximate surface area is 259 Å². The second kappa shape index (κ2) is 14.9. The van der Waals surface area contributed by atoms with E-state index >= 15 is 0 Å². The second-order valence-corrected chi connectivity index (χ2v) is 11.9. The van der Waals surface area contributed by atoms with Crippen LogP contribution in [0.2, 0.25) is 0 Å². The molecule has 4 rings (SSSR count). The molecule has 0 bridgehead atoms. The van der Waals surface area contributed by atoms with Gasteiger partial charge < -0.3 is 83.5 Å². The minimum Gasteiger partial charge on any atom is -0.479 e. The second-order valence-electron chi connectivity index (χ2n) is 11.9. The molecule has 0 amide bonds. The molecule has 4 saturated heterocycles. The van der Waals surface area contributed by atoms with Crippen LogP contribution in [0.3, 0.4) is 0 Å². The van der Waals surface area contributed by atoms with Gasteiger partial charge in [-0.3, -0.25) is 0 Å². The van der Waals surface area contributed by atoms with Crippen molar-refractivity contribution in [1.82, 2.24) is 0 Å². The number of aliphatic hydroxyl groups is 7. The van der Waals surface area contributed by atoms with Gasteiger partial charge in [-0.25, -0.2) is 4.79 Å². The fraction of sp³-hybridized carbons (Fsp3) is 0.963. The van der Waals surface area contributed by atoms with E-state index < -0.39 is 129 Å². The van der Waals surface area contributed by atoms with Crippen LogP contribution in [-0.2, 0) is 47.4 Å². The van der Waals surface area contributed by atoms with Gasteiger partial charge in [-0.1, -0.05) is 6.92 Å². The minimum absolute atomic E-state index is 0.535. The summed E-state index contributed by atoms with van der Waals surface area (Å²) in [5.41, 5.74) is 0. The largest absolute Gasteiger partial charge is 0.479 e. The topological polar surface area (TPSA) is 262 Å². The highest BCUT2D eigenvalue weighted by molar-refractivity contribution is 5.73. The lowest BCUT2D eigenvalue weighted by molar-refractivity contribution is -0.388. The molecule has 0 saturated carbocycles. The summed E-state index contributed by atoms with van der Waals surface area (Å²) in [5.74, 6) is -2.16. The Hall–Kier alpha value is -1.17. The van der Waals surface area contributed by atoms with Crippen molar-refractivity contribution in [3.05, 3.63) is 0 Å². The molecule has 4 heterocycles. The number of hydrogen-bond donors (Lipinski definition) is 8. The molecule has 0 aromatic carbocycles. The van der Waals surface area contributed by atoms with Crippen LogP contribution < -0.4 is 0 Å². The Bertz CT molecular complexity index is 974. The molecule has 18 heteroatoms. The molecule has 8 N–H and O–H groups in total. The van der Waals surface area contributed by atoms with Crippen molar-refractivity contribution in [2.45, 2.75) is 144 Å². The maximum Gasteiger partial charge on any atom is 0.335 e. The number of carboxylic acids is 1. The molecule has 4 fully saturated rings. The van der Waals surface area contributed by atoms with E-state index in [2.05, 4.69) is 0 Å². The smallest absolute Gasteiger partial charge is 0.335 e. The van der Waals surface area contributed by atoms with Crippen molar-refractivity contribution >= 4 is 5.97 Å². The highest BCUT2D eigenvalue weighted by atomic mass is 16.8. The summed E-state index contributed by atoms with van der Waals surface area (Å²) in [4.78, 5) is 11.6. The van der Waals surface area contributed by atoms with E-state index in [1.54, 1.807) is 20.8 Å². The summed E-state index contributed by atoms with van der Waals surface area (Å²) < 4.78 is 51.1. The van der Waals surface area contributed by atoms with Gasteiger partial charge in [0, 0.05) is 20.1 Å². The zero-order valence-electron chi connectivity index (χ0n) is 25.7. The van der Waals surface area contributed by atoms with Gasteiger partial charge in [-0.05, 0) is 20.8 Å². The third-order valence-corrected chi connectivity index (χ3v) is 8.95. The van der Waals surface area contributed by atoms with Crippen LogP contribution in [0.1, 0.15) is 27.7 Å². The molecule has 262 valence electrons. The van der Waals surface area contributed by atoms with Crippen LogP contribution in [0.5, 0.6) is 0 Å². The SMILES string of the molecule is CO[C@@H]1OC(C)[C@@H](O)[C@H](O[C@@H]2OC(C)[C@@H](C)[C@H](O[C@@H]3OC(C)[C@@H](O)[C@H](OC)C3O[C@H]3OC(C(=O)O)[C@@H](O)C(O)[C@H]3O)C2O)C1O. The van der Waals surface area contributed by atoms with Crippen LogP contribution >= 0.6 is 0 Å². The van der Waals surface area contributed by atoms with E-state index in [1.807, 2.05) is 0 Å². The quantitative estimate of drug-likeness (QED) is 0.117. The number of rotatable bonds is 9. The van der Waals surface area contributed by atoms with Crippen molar-refractivity contribution in [2.75, 3.05) is 14.2 Å². The number of methoxy groups -OCH3 is 2. The normalized spacial score (nSPS) is 52.8. The van der Waals surface area contributed by atoms with Crippen LogP contribution in [0.25, 0.3) is 0 Å². The molecule has 0 aromatic heterocycles. The predicted molar refractivity (Wildman–Crippen MR) is 143 cm³/mol. The summed E-state index contributed by atoms with van der Waals surface area (Å²) in [5, 5.41) is 84.0. The van der Waals surface area contributed by atoms with Crippen molar-refractivity contribution in [3.8, 4) is 0 Å². The highest BCUT2D eigenvalue weighted by Crippen LogP contribution is 2.36. The fourth-order valence-electron chi connectivity index (χ4n) is 5.96. The fourth-order valence-corrected chi connectivity index (χ4v) is 5.96.